The van der Waals surface area contributed by atoms with Crippen molar-refractivity contribution in [3.63, 3.8) is 0 Å². The Morgan fingerprint density at radius 1 is 0.867 bits per heavy atom. The normalized spacial score (nSPS) is 18.6. The van der Waals surface area contributed by atoms with Crippen LogP contribution in [0.2, 0.25) is 0 Å². The number of rotatable bonds is 13. The summed E-state index contributed by atoms with van der Waals surface area (Å²) in [6.07, 6.45) is 10.9. The first-order chi connectivity index (χ1) is 21.9. The number of aromatic nitrogens is 1. The molecule has 1 aromatic heterocycles. The number of nitrogens with zero attached hydrogens (tertiary/aromatic N) is 1. The molecule has 0 aliphatic heterocycles. The molecular weight excluding hydrogens is 566 g/mol. The first-order valence-electron chi connectivity index (χ1n) is 14.9. The number of nitrogens with one attached hydrogen (secondary N) is 1. The number of primary amides is 1. The number of aliphatic hydroxyl groups excluding tert-OH is 1. The number of nitrogens with two attached hydrogens (primary N) is 1. The molecule has 8 heteroatoms. The van der Waals surface area contributed by atoms with Crippen LogP contribution in [0.3, 0.4) is 0 Å². The molecule has 4 aromatic rings. The topological polar surface area (TPSA) is 124 Å². The molecule has 2 unspecified atom stereocenters. The van der Waals surface area contributed by atoms with Crippen molar-refractivity contribution in [3.05, 3.63) is 156 Å². The molecule has 230 valence electrons. The van der Waals surface area contributed by atoms with Gasteiger partial charge in [0, 0.05) is 18.3 Å². The summed E-state index contributed by atoms with van der Waals surface area (Å²) in [5.74, 6) is -1.61. The number of amides is 2. The average molecular weight is 604 g/mol. The van der Waals surface area contributed by atoms with E-state index in [0.717, 1.165) is 16.7 Å². The van der Waals surface area contributed by atoms with E-state index in [4.69, 9.17) is 10.5 Å². The van der Waals surface area contributed by atoms with E-state index in [-0.39, 0.29) is 25.6 Å². The van der Waals surface area contributed by atoms with Crippen LogP contribution in [0.1, 0.15) is 40.6 Å². The fourth-order valence-electron chi connectivity index (χ4n) is 5.52. The smallest absolute Gasteiger partial charge is 0.308 e. The van der Waals surface area contributed by atoms with Gasteiger partial charge in [-0.25, -0.2) is 0 Å². The van der Waals surface area contributed by atoms with Crippen molar-refractivity contribution in [1.82, 2.24) is 9.88 Å². The van der Waals surface area contributed by atoms with E-state index in [1.54, 1.807) is 35.2 Å². The number of hydrogen-bond donors (Lipinski definition) is 3. The Balaban J connectivity index is 1.38. The van der Waals surface area contributed by atoms with Gasteiger partial charge in [0.1, 0.15) is 18.1 Å². The van der Waals surface area contributed by atoms with Gasteiger partial charge in [-0.3, -0.25) is 14.4 Å². The third-order valence-electron chi connectivity index (χ3n) is 8.07. The van der Waals surface area contributed by atoms with Crippen LogP contribution in [0.4, 0.5) is 0 Å². The van der Waals surface area contributed by atoms with Gasteiger partial charge in [0.15, 0.2) is 0 Å². The van der Waals surface area contributed by atoms with Gasteiger partial charge in [-0.15, -0.1) is 0 Å². The Morgan fingerprint density at radius 3 is 2.07 bits per heavy atom. The zero-order valence-corrected chi connectivity index (χ0v) is 24.9. The molecule has 2 amide bonds. The third-order valence-corrected chi connectivity index (χ3v) is 8.07. The number of hydrogen-bond acceptors (Lipinski definition) is 5. The van der Waals surface area contributed by atoms with Gasteiger partial charge in [-0.2, -0.15) is 0 Å². The highest BCUT2D eigenvalue weighted by molar-refractivity contribution is 5.92. The molecule has 0 saturated heterocycles. The summed E-state index contributed by atoms with van der Waals surface area (Å²) >= 11 is 0. The molecule has 0 saturated carbocycles. The number of carbonyl (C=O) groups excluding carboxylic acids is 3. The first kappa shape index (κ1) is 31.2. The highest BCUT2D eigenvalue weighted by Gasteiger charge is 2.37. The molecule has 45 heavy (non-hydrogen) atoms. The van der Waals surface area contributed by atoms with Crippen molar-refractivity contribution >= 4 is 17.8 Å². The maximum absolute atomic E-state index is 13.7. The van der Waals surface area contributed by atoms with E-state index in [0.29, 0.717) is 12.0 Å². The number of esters is 1. The Kier molecular flexibility index (Phi) is 10.1. The minimum Gasteiger partial charge on any atom is -0.461 e. The number of aliphatic hydroxyl groups is 1. The second kappa shape index (κ2) is 14.5. The van der Waals surface area contributed by atoms with Crippen molar-refractivity contribution in [2.75, 3.05) is 6.61 Å². The molecule has 0 radical (unpaired) electrons. The van der Waals surface area contributed by atoms with Crippen LogP contribution in [0.5, 0.6) is 0 Å². The lowest BCUT2D eigenvalue weighted by molar-refractivity contribution is -0.147. The Labute approximate surface area is 262 Å². The van der Waals surface area contributed by atoms with Gasteiger partial charge in [-0.1, -0.05) is 115 Å². The highest BCUT2D eigenvalue weighted by Crippen LogP contribution is 2.36. The van der Waals surface area contributed by atoms with E-state index in [9.17, 15) is 19.5 Å². The average Bonchev–Trinajstić information content (AvgIpc) is 3.58. The minimum atomic E-state index is -1.23. The van der Waals surface area contributed by atoms with Crippen molar-refractivity contribution < 1.29 is 24.2 Å². The SMILES string of the molecule is NC(=O)C1(c2ccn(C(CC(=O)OCc3ccccc3)C(=O)NC(CO)Cc3ccccc3)c2)C=CC(c2ccccc2)C=C1. The number of benzene rings is 3. The molecule has 1 heterocycles. The fraction of sp³-hybridized carbons (Fsp3) is 0.216. The lowest BCUT2D eigenvalue weighted by atomic mass is 9.75. The molecule has 3 aromatic carbocycles. The van der Waals surface area contributed by atoms with E-state index in [1.807, 2.05) is 103 Å². The molecule has 4 N–H and O–H groups in total. The summed E-state index contributed by atoms with van der Waals surface area (Å²) in [5, 5.41) is 13.0. The van der Waals surface area contributed by atoms with Gasteiger partial charge in [0.25, 0.3) is 0 Å². The summed E-state index contributed by atoms with van der Waals surface area (Å²) in [7, 11) is 0. The van der Waals surface area contributed by atoms with E-state index >= 15 is 0 Å². The molecule has 1 aliphatic rings. The zero-order chi connectivity index (χ0) is 31.6. The van der Waals surface area contributed by atoms with Gasteiger partial charge in [-0.05, 0) is 34.7 Å². The van der Waals surface area contributed by atoms with Crippen LogP contribution in [0.15, 0.2) is 134 Å². The van der Waals surface area contributed by atoms with Gasteiger partial charge >= 0.3 is 5.97 Å². The predicted molar refractivity (Wildman–Crippen MR) is 172 cm³/mol. The number of carbonyl (C=O) groups is 3. The van der Waals surface area contributed by atoms with Crippen molar-refractivity contribution in [3.8, 4) is 0 Å². The van der Waals surface area contributed by atoms with Crippen LogP contribution in [-0.4, -0.2) is 40.1 Å². The Bertz CT molecular complexity index is 1630. The van der Waals surface area contributed by atoms with E-state index < -0.39 is 35.3 Å². The van der Waals surface area contributed by atoms with Crippen molar-refractivity contribution in [1.29, 1.82) is 0 Å². The predicted octanol–water partition coefficient (Wildman–Crippen LogP) is 4.52. The first-order valence-corrected chi connectivity index (χ1v) is 14.9. The molecule has 1 aliphatic carbocycles. The number of ether oxygens (including phenoxy) is 1. The summed E-state index contributed by atoms with van der Waals surface area (Å²) in [6.45, 7) is -0.215. The Morgan fingerprint density at radius 2 is 1.47 bits per heavy atom. The van der Waals surface area contributed by atoms with Crippen LogP contribution >= 0.6 is 0 Å². The molecule has 2 atom stereocenters. The summed E-state index contributed by atoms with van der Waals surface area (Å²) in [4.78, 5) is 39.7. The standard InChI is InChI=1S/C37H37N3O5/c38-36(44)37(19-16-30(17-20-37)29-14-8-3-9-15-29)31-18-21-40(24-31)33(23-34(42)45-26-28-12-6-2-7-13-28)35(43)39-32(25-41)22-27-10-4-1-5-11-27/h1-21,24,30,32-33,41H,22-23,25-26H2,(H2,38,44)(H,39,43). The fourth-order valence-corrected chi connectivity index (χ4v) is 5.52. The molecule has 5 rings (SSSR count). The second-order valence-electron chi connectivity index (χ2n) is 11.2. The van der Waals surface area contributed by atoms with Crippen LogP contribution in [0.25, 0.3) is 0 Å². The van der Waals surface area contributed by atoms with Gasteiger partial charge < -0.3 is 25.5 Å². The van der Waals surface area contributed by atoms with Gasteiger partial charge in [0.05, 0.1) is 19.1 Å². The molecule has 0 fully saturated rings. The quantitative estimate of drug-likeness (QED) is 0.153. The van der Waals surface area contributed by atoms with Crippen LogP contribution in [-0.2, 0) is 37.6 Å². The van der Waals surface area contributed by atoms with Crippen LogP contribution in [0, 0.1) is 0 Å². The number of allylic oxidation sites excluding steroid dienone is 2. The molecule has 0 bridgehead atoms. The summed E-state index contributed by atoms with van der Waals surface area (Å²) in [5.41, 5.74) is 8.16. The highest BCUT2D eigenvalue weighted by atomic mass is 16.5. The second-order valence-corrected chi connectivity index (χ2v) is 11.2. The monoisotopic (exact) mass is 603 g/mol. The summed E-state index contributed by atoms with van der Waals surface area (Å²) < 4.78 is 7.11. The third kappa shape index (κ3) is 7.66. The van der Waals surface area contributed by atoms with Crippen molar-refractivity contribution in [2.45, 2.75) is 42.9 Å². The molecule has 0 spiro atoms. The maximum atomic E-state index is 13.7. The minimum absolute atomic E-state index is 0.0151. The van der Waals surface area contributed by atoms with Gasteiger partial charge in [0.2, 0.25) is 11.8 Å². The zero-order valence-electron chi connectivity index (χ0n) is 24.9. The van der Waals surface area contributed by atoms with E-state index in [2.05, 4.69) is 5.32 Å². The Hall–Kier alpha value is -5.21. The maximum Gasteiger partial charge on any atom is 0.308 e. The summed E-state index contributed by atoms with van der Waals surface area (Å²) in [6, 6.07) is 28.9. The largest absolute Gasteiger partial charge is 0.461 e. The van der Waals surface area contributed by atoms with E-state index in [1.165, 1.54) is 0 Å². The molecule has 8 nitrogen and oxygen atoms in total. The lowest BCUT2D eigenvalue weighted by Gasteiger charge is -2.28. The molecular formula is C37H37N3O5. The van der Waals surface area contributed by atoms with Crippen LogP contribution < -0.4 is 11.1 Å². The van der Waals surface area contributed by atoms with Crippen molar-refractivity contribution in [2.24, 2.45) is 5.73 Å². The lowest BCUT2D eigenvalue weighted by Crippen LogP contribution is -2.43.